The predicted octanol–water partition coefficient (Wildman–Crippen LogP) is 0.786. The number of hydrogen-bond acceptors (Lipinski definition) is 5. The summed E-state index contributed by atoms with van der Waals surface area (Å²) >= 11 is 0. The Hall–Kier alpha value is -1.95. The van der Waals surface area contributed by atoms with Gasteiger partial charge >= 0.3 is 0 Å². The number of aryl methyl sites for hydroxylation is 1. The van der Waals surface area contributed by atoms with Gasteiger partial charge in [0, 0.05) is 25.1 Å². The second kappa shape index (κ2) is 5.36. The van der Waals surface area contributed by atoms with Crippen molar-refractivity contribution in [2.75, 3.05) is 7.11 Å². The smallest absolute Gasteiger partial charge is 0.213 e. The fourth-order valence-electron chi connectivity index (χ4n) is 2.32. The lowest BCUT2D eigenvalue weighted by molar-refractivity contribution is 0.354. The zero-order chi connectivity index (χ0) is 13.1. The number of aromatic nitrogens is 4. The molecule has 19 heavy (non-hydrogen) atoms. The van der Waals surface area contributed by atoms with Crippen molar-refractivity contribution in [2.24, 2.45) is 0 Å². The van der Waals surface area contributed by atoms with E-state index in [2.05, 4.69) is 20.4 Å². The summed E-state index contributed by atoms with van der Waals surface area (Å²) in [5.41, 5.74) is 0.990. The third-order valence-electron chi connectivity index (χ3n) is 3.37. The fourth-order valence-corrected chi connectivity index (χ4v) is 2.32. The summed E-state index contributed by atoms with van der Waals surface area (Å²) in [6.45, 7) is 1.62. The minimum atomic E-state index is 0.419. The van der Waals surface area contributed by atoms with E-state index in [0.29, 0.717) is 11.9 Å². The lowest BCUT2D eigenvalue weighted by atomic mass is 10.1. The quantitative estimate of drug-likeness (QED) is 0.879. The molecule has 1 aliphatic heterocycles. The van der Waals surface area contributed by atoms with E-state index in [-0.39, 0.29) is 0 Å². The van der Waals surface area contributed by atoms with Gasteiger partial charge in [-0.1, -0.05) is 6.07 Å². The Kier molecular flexibility index (Phi) is 3.41. The number of rotatable bonds is 4. The molecule has 2 aromatic heterocycles. The number of pyridine rings is 1. The highest BCUT2D eigenvalue weighted by Crippen LogP contribution is 2.12. The minimum Gasteiger partial charge on any atom is -0.481 e. The Balaban J connectivity index is 1.58. The van der Waals surface area contributed by atoms with E-state index < -0.39 is 0 Å². The first-order chi connectivity index (χ1) is 9.35. The van der Waals surface area contributed by atoms with E-state index in [4.69, 9.17) is 4.74 Å². The molecule has 6 nitrogen and oxygen atoms in total. The molecule has 100 valence electrons. The Morgan fingerprint density at radius 2 is 2.42 bits per heavy atom. The molecular weight excluding hydrogens is 242 g/mol. The van der Waals surface area contributed by atoms with Crippen LogP contribution in [0.4, 0.5) is 0 Å². The Bertz CT molecular complexity index is 553. The van der Waals surface area contributed by atoms with Gasteiger partial charge in [-0.05, 0) is 12.5 Å². The Labute approximate surface area is 111 Å². The highest BCUT2D eigenvalue weighted by Gasteiger charge is 2.19. The van der Waals surface area contributed by atoms with E-state index >= 15 is 0 Å². The third kappa shape index (κ3) is 2.73. The lowest BCUT2D eigenvalue weighted by Gasteiger charge is -2.23. The van der Waals surface area contributed by atoms with Crippen molar-refractivity contribution in [3.05, 3.63) is 36.0 Å². The van der Waals surface area contributed by atoms with Gasteiger partial charge in [0.15, 0.2) is 0 Å². The summed E-state index contributed by atoms with van der Waals surface area (Å²) < 4.78 is 7.09. The van der Waals surface area contributed by atoms with Crippen molar-refractivity contribution in [3.63, 3.8) is 0 Å². The maximum absolute atomic E-state index is 5.12. The summed E-state index contributed by atoms with van der Waals surface area (Å²) in [6, 6.07) is 6.23. The molecule has 3 rings (SSSR count). The van der Waals surface area contributed by atoms with Crippen molar-refractivity contribution >= 4 is 0 Å². The first-order valence-electron chi connectivity index (χ1n) is 6.45. The van der Waals surface area contributed by atoms with Crippen LogP contribution >= 0.6 is 0 Å². The lowest BCUT2D eigenvalue weighted by Crippen LogP contribution is -2.37. The molecule has 0 saturated carbocycles. The molecule has 1 N–H and O–H groups in total. The largest absolute Gasteiger partial charge is 0.481 e. The normalized spacial score (nSPS) is 18.1. The van der Waals surface area contributed by atoms with Gasteiger partial charge in [-0.15, -0.1) is 0 Å². The van der Waals surface area contributed by atoms with Gasteiger partial charge in [-0.25, -0.2) is 14.6 Å². The number of nitrogens with one attached hydrogen (secondary N) is 1. The van der Waals surface area contributed by atoms with Crippen molar-refractivity contribution in [2.45, 2.75) is 32.0 Å². The van der Waals surface area contributed by atoms with Crippen LogP contribution in [0.2, 0.25) is 0 Å². The molecule has 0 amide bonds. The number of methoxy groups -OCH3 is 1. The monoisotopic (exact) mass is 259 g/mol. The van der Waals surface area contributed by atoms with E-state index in [0.717, 1.165) is 37.4 Å². The molecule has 0 radical (unpaired) electrons. The van der Waals surface area contributed by atoms with Gasteiger partial charge in [-0.2, -0.15) is 5.10 Å². The maximum Gasteiger partial charge on any atom is 0.213 e. The van der Waals surface area contributed by atoms with Crippen LogP contribution in [0.25, 0.3) is 0 Å². The van der Waals surface area contributed by atoms with E-state index in [1.165, 1.54) is 0 Å². The highest BCUT2D eigenvalue weighted by molar-refractivity contribution is 5.15. The van der Waals surface area contributed by atoms with Crippen LogP contribution < -0.4 is 10.1 Å². The van der Waals surface area contributed by atoms with Crippen LogP contribution in [0.15, 0.2) is 24.5 Å². The molecule has 1 unspecified atom stereocenters. The zero-order valence-corrected chi connectivity index (χ0v) is 10.9. The highest BCUT2D eigenvalue weighted by atomic mass is 16.5. The van der Waals surface area contributed by atoms with Crippen LogP contribution in [-0.2, 0) is 19.5 Å². The first-order valence-corrected chi connectivity index (χ1v) is 6.45. The fraction of sp³-hybridized carbons (Fsp3) is 0.462. The molecule has 0 aromatic carbocycles. The number of hydrogen-bond donors (Lipinski definition) is 1. The van der Waals surface area contributed by atoms with Crippen molar-refractivity contribution in [1.82, 2.24) is 25.1 Å². The van der Waals surface area contributed by atoms with Gasteiger partial charge in [0.1, 0.15) is 12.2 Å². The third-order valence-corrected chi connectivity index (χ3v) is 3.37. The van der Waals surface area contributed by atoms with E-state index in [9.17, 15) is 0 Å². The van der Waals surface area contributed by atoms with Gasteiger partial charge in [0.05, 0.1) is 19.3 Å². The van der Waals surface area contributed by atoms with Crippen LogP contribution in [0.5, 0.6) is 5.88 Å². The molecule has 1 aliphatic rings. The Morgan fingerprint density at radius 3 is 3.32 bits per heavy atom. The molecule has 3 heterocycles. The molecule has 1 atom stereocenters. The topological polar surface area (TPSA) is 64.9 Å². The summed E-state index contributed by atoms with van der Waals surface area (Å²) in [5.74, 6) is 1.74. The van der Waals surface area contributed by atoms with Gasteiger partial charge in [0.2, 0.25) is 5.88 Å². The summed E-state index contributed by atoms with van der Waals surface area (Å²) in [7, 11) is 1.63. The first kappa shape index (κ1) is 12.1. The zero-order valence-electron chi connectivity index (χ0n) is 10.9. The molecule has 0 fully saturated rings. The van der Waals surface area contributed by atoms with Crippen LogP contribution in [0.3, 0.4) is 0 Å². The van der Waals surface area contributed by atoms with E-state index in [1.807, 2.05) is 22.9 Å². The standard InChI is InChI=1S/C13H17N5O/c1-19-13-4-2-3-10(17-13)7-14-11-5-6-12-15-9-16-18(12)8-11/h2-4,9,11,14H,5-8H2,1H3. The van der Waals surface area contributed by atoms with Crippen molar-refractivity contribution in [1.29, 1.82) is 0 Å². The minimum absolute atomic E-state index is 0.419. The van der Waals surface area contributed by atoms with Crippen LogP contribution in [-0.4, -0.2) is 32.9 Å². The predicted molar refractivity (Wildman–Crippen MR) is 69.8 cm³/mol. The average molecular weight is 259 g/mol. The second-order valence-corrected chi connectivity index (χ2v) is 4.65. The van der Waals surface area contributed by atoms with Gasteiger partial charge in [0.25, 0.3) is 0 Å². The molecule has 0 bridgehead atoms. The number of nitrogens with zero attached hydrogens (tertiary/aromatic N) is 4. The number of fused-ring (bicyclic) bond motifs is 1. The number of ether oxygens (including phenoxy) is 1. The van der Waals surface area contributed by atoms with Gasteiger partial charge < -0.3 is 10.1 Å². The average Bonchev–Trinajstić information content (AvgIpc) is 2.93. The molecule has 0 aliphatic carbocycles. The summed E-state index contributed by atoms with van der Waals surface area (Å²) in [6.07, 6.45) is 3.69. The summed E-state index contributed by atoms with van der Waals surface area (Å²) in [5, 5.41) is 7.73. The molecule has 6 heteroatoms. The molecular formula is C13H17N5O. The SMILES string of the molecule is COc1cccc(CNC2CCc3ncnn3C2)n1. The maximum atomic E-state index is 5.12. The van der Waals surface area contributed by atoms with E-state index in [1.54, 1.807) is 13.4 Å². The Morgan fingerprint density at radius 1 is 1.47 bits per heavy atom. The van der Waals surface area contributed by atoms with Crippen molar-refractivity contribution in [3.8, 4) is 5.88 Å². The molecule has 2 aromatic rings. The molecule has 0 spiro atoms. The van der Waals surface area contributed by atoms with Crippen LogP contribution in [0.1, 0.15) is 17.9 Å². The second-order valence-electron chi connectivity index (χ2n) is 4.65. The van der Waals surface area contributed by atoms with Gasteiger partial charge in [-0.3, -0.25) is 0 Å². The van der Waals surface area contributed by atoms with Crippen LogP contribution in [0, 0.1) is 0 Å². The molecule has 0 saturated heterocycles. The summed E-state index contributed by atoms with van der Waals surface area (Å²) in [4.78, 5) is 8.62. The van der Waals surface area contributed by atoms with Crippen molar-refractivity contribution < 1.29 is 4.74 Å².